The minimum absolute atomic E-state index is 0.0871. The summed E-state index contributed by atoms with van der Waals surface area (Å²) in [6.07, 6.45) is 3.84. The number of pyridine rings is 1. The van der Waals surface area contributed by atoms with Crippen molar-refractivity contribution in [2.75, 3.05) is 42.5 Å². The second-order valence-electron chi connectivity index (χ2n) is 7.98. The van der Waals surface area contributed by atoms with Gasteiger partial charge in [-0.15, -0.1) is 0 Å². The van der Waals surface area contributed by atoms with E-state index in [1.807, 2.05) is 6.07 Å². The van der Waals surface area contributed by atoms with Gasteiger partial charge in [-0.05, 0) is 37.1 Å². The first-order chi connectivity index (χ1) is 14.0. The maximum absolute atomic E-state index is 12.3. The molecule has 2 N–H and O–H groups in total. The van der Waals surface area contributed by atoms with Gasteiger partial charge < -0.3 is 20.2 Å². The summed E-state index contributed by atoms with van der Waals surface area (Å²) < 4.78 is 0. The van der Waals surface area contributed by atoms with Gasteiger partial charge in [-0.25, -0.2) is 4.98 Å². The zero-order chi connectivity index (χ0) is 20.3. The Kier molecular flexibility index (Phi) is 5.38. The van der Waals surface area contributed by atoms with E-state index >= 15 is 0 Å². The minimum Gasteiger partial charge on any atom is -0.481 e. The zero-order valence-corrected chi connectivity index (χ0v) is 16.4. The van der Waals surface area contributed by atoms with E-state index in [9.17, 15) is 9.59 Å². The number of hydrogen-bond acceptors (Lipinski definition) is 5. The Balaban J connectivity index is 1.39. The molecule has 0 radical (unpaired) electrons. The highest BCUT2D eigenvalue weighted by Crippen LogP contribution is 2.42. The number of amides is 1. The van der Waals surface area contributed by atoms with Gasteiger partial charge in [0.2, 0.25) is 0 Å². The van der Waals surface area contributed by atoms with Crippen LogP contribution in [-0.2, 0) is 4.79 Å². The predicted molar refractivity (Wildman–Crippen MR) is 111 cm³/mol. The average Bonchev–Trinajstić information content (AvgIpc) is 3.35. The Labute approximate surface area is 170 Å². The number of nitrogens with one attached hydrogen (secondary N) is 1. The topological polar surface area (TPSA) is 85.8 Å². The number of aliphatic carboxylic acids is 1. The van der Waals surface area contributed by atoms with Crippen LogP contribution in [0.25, 0.3) is 0 Å². The summed E-state index contributed by atoms with van der Waals surface area (Å²) in [5.41, 5.74) is 2.05. The highest BCUT2D eigenvalue weighted by molar-refractivity contribution is 5.95. The van der Waals surface area contributed by atoms with Crippen LogP contribution < -0.4 is 15.1 Å². The van der Waals surface area contributed by atoms with Crippen molar-refractivity contribution in [2.45, 2.75) is 19.3 Å². The molecular formula is C22H26N4O3. The number of aromatic nitrogens is 1. The lowest BCUT2D eigenvalue weighted by Gasteiger charge is -2.26. The number of carboxylic acid groups (broad SMARTS) is 1. The monoisotopic (exact) mass is 394 g/mol. The molecule has 152 valence electrons. The molecule has 1 amide bonds. The van der Waals surface area contributed by atoms with Crippen molar-refractivity contribution in [1.29, 1.82) is 0 Å². The second-order valence-corrected chi connectivity index (χ2v) is 7.98. The molecule has 7 heteroatoms. The number of rotatable bonds is 6. The summed E-state index contributed by atoms with van der Waals surface area (Å²) in [5.74, 6) is -0.380. The van der Waals surface area contributed by atoms with Crippen LogP contribution in [0.15, 0.2) is 48.7 Å². The number of carboxylic acids is 1. The molecule has 0 saturated carbocycles. The number of carbonyl (C=O) groups is 2. The molecule has 4 rings (SSSR count). The van der Waals surface area contributed by atoms with E-state index in [2.05, 4.69) is 44.4 Å². The third-order valence-electron chi connectivity index (χ3n) is 5.95. The van der Waals surface area contributed by atoms with Crippen molar-refractivity contribution in [1.82, 2.24) is 10.3 Å². The van der Waals surface area contributed by atoms with E-state index in [0.29, 0.717) is 5.56 Å². The van der Waals surface area contributed by atoms with Gasteiger partial charge in [-0.2, -0.15) is 0 Å². The SMILES string of the molecule is O=C(O)CCNC(=O)c1ccnc(N2CCC3(CCN(c4ccccc4)C3)C2)c1. The molecule has 1 aromatic heterocycles. The van der Waals surface area contributed by atoms with Crippen LogP contribution in [0.3, 0.4) is 0 Å². The number of para-hydroxylation sites is 1. The standard InChI is InChI=1S/C22H26N4O3/c27-20(28)7-11-24-21(29)17-6-10-23-19(14-17)26-13-9-22(16-26)8-12-25(15-22)18-4-2-1-3-5-18/h1-6,10,14H,7-9,11-13,15-16H2,(H,24,29)(H,27,28). The summed E-state index contributed by atoms with van der Waals surface area (Å²) in [4.78, 5) is 32.1. The molecular weight excluding hydrogens is 368 g/mol. The van der Waals surface area contributed by atoms with Crippen LogP contribution in [0.4, 0.5) is 11.5 Å². The lowest BCUT2D eigenvalue weighted by molar-refractivity contribution is -0.136. The maximum atomic E-state index is 12.3. The van der Waals surface area contributed by atoms with Crippen molar-refractivity contribution in [3.05, 3.63) is 54.2 Å². The number of anilines is 2. The van der Waals surface area contributed by atoms with Crippen LogP contribution in [0, 0.1) is 5.41 Å². The van der Waals surface area contributed by atoms with Gasteiger partial charge in [-0.3, -0.25) is 9.59 Å². The van der Waals surface area contributed by atoms with E-state index in [4.69, 9.17) is 5.11 Å². The highest BCUT2D eigenvalue weighted by atomic mass is 16.4. The molecule has 1 spiro atoms. The molecule has 1 aromatic carbocycles. The molecule has 3 heterocycles. The maximum Gasteiger partial charge on any atom is 0.305 e. The minimum atomic E-state index is -0.927. The fourth-order valence-corrected chi connectivity index (χ4v) is 4.38. The van der Waals surface area contributed by atoms with Gasteiger partial charge in [0, 0.05) is 55.6 Å². The lowest BCUT2D eigenvalue weighted by atomic mass is 9.86. The highest BCUT2D eigenvalue weighted by Gasteiger charge is 2.43. The van der Waals surface area contributed by atoms with Crippen LogP contribution in [-0.4, -0.2) is 54.7 Å². The predicted octanol–water partition coefficient (Wildman–Crippen LogP) is 2.39. The molecule has 2 aliphatic rings. The molecule has 1 atom stereocenters. The number of hydrogen-bond donors (Lipinski definition) is 2. The quantitative estimate of drug-likeness (QED) is 0.783. The molecule has 29 heavy (non-hydrogen) atoms. The van der Waals surface area contributed by atoms with Crippen molar-refractivity contribution >= 4 is 23.4 Å². The van der Waals surface area contributed by atoms with Crippen molar-refractivity contribution in [3.63, 3.8) is 0 Å². The Bertz CT molecular complexity index is 889. The third-order valence-corrected chi connectivity index (χ3v) is 5.95. The molecule has 2 aliphatic heterocycles. The van der Waals surface area contributed by atoms with E-state index in [-0.39, 0.29) is 24.3 Å². The molecule has 2 saturated heterocycles. The van der Waals surface area contributed by atoms with Gasteiger partial charge in [-0.1, -0.05) is 18.2 Å². The molecule has 2 aromatic rings. The van der Waals surface area contributed by atoms with Crippen molar-refractivity contribution in [3.8, 4) is 0 Å². The molecule has 0 bridgehead atoms. The average molecular weight is 394 g/mol. The molecule has 1 unspecified atom stereocenters. The Morgan fingerprint density at radius 1 is 1.07 bits per heavy atom. The second kappa shape index (κ2) is 8.11. The van der Waals surface area contributed by atoms with Gasteiger partial charge in [0.15, 0.2) is 0 Å². The fraction of sp³-hybridized carbons (Fsp3) is 0.409. The van der Waals surface area contributed by atoms with E-state index in [0.717, 1.165) is 44.8 Å². The summed E-state index contributed by atoms with van der Waals surface area (Å²) in [6.45, 7) is 4.10. The Morgan fingerprint density at radius 2 is 1.79 bits per heavy atom. The third kappa shape index (κ3) is 4.34. The molecule has 2 fully saturated rings. The number of benzene rings is 1. The number of nitrogens with zero attached hydrogens (tertiary/aromatic N) is 3. The Morgan fingerprint density at radius 3 is 2.55 bits per heavy atom. The van der Waals surface area contributed by atoms with E-state index in [1.54, 1.807) is 18.3 Å². The van der Waals surface area contributed by atoms with Crippen LogP contribution in [0.1, 0.15) is 29.6 Å². The number of carbonyl (C=O) groups excluding carboxylic acids is 1. The first kappa shape index (κ1) is 19.2. The first-order valence-electron chi connectivity index (χ1n) is 10.1. The van der Waals surface area contributed by atoms with E-state index < -0.39 is 5.97 Å². The van der Waals surface area contributed by atoms with E-state index in [1.165, 1.54) is 5.69 Å². The van der Waals surface area contributed by atoms with Crippen molar-refractivity contribution < 1.29 is 14.7 Å². The summed E-state index contributed by atoms with van der Waals surface area (Å²) in [7, 11) is 0. The summed E-state index contributed by atoms with van der Waals surface area (Å²) >= 11 is 0. The van der Waals surface area contributed by atoms with Crippen molar-refractivity contribution in [2.24, 2.45) is 5.41 Å². The smallest absolute Gasteiger partial charge is 0.305 e. The zero-order valence-electron chi connectivity index (χ0n) is 16.4. The lowest BCUT2D eigenvalue weighted by Crippen LogP contribution is -2.31. The van der Waals surface area contributed by atoms with Crippen LogP contribution in [0.2, 0.25) is 0 Å². The summed E-state index contributed by atoms with van der Waals surface area (Å²) in [5, 5.41) is 11.4. The molecule has 0 aliphatic carbocycles. The largest absolute Gasteiger partial charge is 0.481 e. The first-order valence-corrected chi connectivity index (χ1v) is 10.1. The Hall–Kier alpha value is -3.09. The van der Waals surface area contributed by atoms with Gasteiger partial charge in [0.1, 0.15) is 5.82 Å². The van der Waals surface area contributed by atoms with Gasteiger partial charge in [0.05, 0.1) is 6.42 Å². The summed E-state index contributed by atoms with van der Waals surface area (Å²) in [6, 6.07) is 14.0. The normalized spacial score (nSPS) is 21.0. The van der Waals surface area contributed by atoms with Crippen LogP contribution >= 0.6 is 0 Å². The van der Waals surface area contributed by atoms with Gasteiger partial charge in [0.25, 0.3) is 5.91 Å². The fourth-order valence-electron chi connectivity index (χ4n) is 4.38. The van der Waals surface area contributed by atoms with Crippen LogP contribution in [0.5, 0.6) is 0 Å². The molecule has 7 nitrogen and oxygen atoms in total. The van der Waals surface area contributed by atoms with Gasteiger partial charge >= 0.3 is 5.97 Å².